The van der Waals surface area contributed by atoms with Crippen LogP contribution in [-0.2, 0) is 4.74 Å². The largest absolute Gasteiger partial charge is 0.573 e. The second-order valence-electron chi connectivity index (χ2n) is 6.14. The summed E-state index contributed by atoms with van der Waals surface area (Å²) in [6.45, 7) is 1.88. The van der Waals surface area contributed by atoms with E-state index in [0.717, 1.165) is 56.9 Å². The van der Waals surface area contributed by atoms with Crippen molar-refractivity contribution in [2.45, 2.75) is 44.1 Å². The molecule has 0 unspecified atom stereocenters. The molecule has 128 valence electrons. The molecule has 3 rings (SSSR count). The lowest BCUT2D eigenvalue weighted by Crippen LogP contribution is -2.48. The van der Waals surface area contributed by atoms with Gasteiger partial charge >= 0.3 is 6.36 Å². The Bertz CT molecular complexity index is 546. The molecule has 2 aliphatic rings. The van der Waals surface area contributed by atoms with Gasteiger partial charge in [0.1, 0.15) is 11.6 Å². The summed E-state index contributed by atoms with van der Waals surface area (Å²) in [5.74, 6) is -0.942. The molecule has 0 N–H and O–H groups in total. The van der Waals surface area contributed by atoms with E-state index < -0.39 is 17.9 Å². The lowest BCUT2D eigenvalue weighted by molar-refractivity contribution is -0.274. The predicted octanol–water partition coefficient (Wildman–Crippen LogP) is 4.26. The van der Waals surface area contributed by atoms with E-state index in [-0.39, 0.29) is 11.3 Å². The number of piperidine rings is 1. The van der Waals surface area contributed by atoms with Gasteiger partial charge in [0.25, 0.3) is 0 Å². The van der Waals surface area contributed by atoms with E-state index >= 15 is 0 Å². The van der Waals surface area contributed by atoms with Gasteiger partial charge in [0.15, 0.2) is 0 Å². The number of hydrogen-bond donors (Lipinski definition) is 0. The van der Waals surface area contributed by atoms with Crippen molar-refractivity contribution in [3.63, 3.8) is 0 Å². The highest BCUT2D eigenvalue weighted by molar-refractivity contribution is 5.52. The van der Waals surface area contributed by atoms with Gasteiger partial charge < -0.3 is 14.4 Å². The molecule has 0 atom stereocenters. The first-order valence-electron chi connectivity index (χ1n) is 7.81. The molecule has 0 saturated carbocycles. The van der Waals surface area contributed by atoms with Crippen molar-refractivity contribution in [2.24, 2.45) is 0 Å². The summed E-state index contributed by atoms with van der Waals surface area (Å²) in [5.41, 5.74) is 0.0168. The topological polar surface area (TPSA) is 21.7 Å². The van der Waals surface area contributed by atoms with Crippen LogP contribution in [0.15, 0.2) is 18.2 Å². The van der Waals surface area contributed by atoms with Crippen molar-refractivity contribution >= 4 is 5.69 Å². The number of halogens is 4. The number of benzene rings is 1. The zero-order valence-electron chi connectivity index (χ0n) is 12.7. The van der Waals surface area contributed by atoms with Gasteiger partial charge in [-0.25, -0.2) is 4.39 Å². The number of ether oxygens (including phenoxy) is 2. The smallest absolute Gasteiger partial charge is 0.406 e. The van der Waals surface area contributed by atoms with Crippen LogP contribution >= 0.6 is 0 Å². The Labute approximate surface area is 132 Å². The average Bonchev–Trinajstić information content (AvgIpc) is 2.50. The van der Waals surface area contributed by atoms with Crippen LogP contribution in [0.25, 0.3) is 0 Å². The maximum absolute atomic E-state index is 14.0. The number of hydrogen-bond acceptors (Lipinski definition) is 3. The zero-order chi connectivity index (χ0) is 16.5. The van der Waals surface area contributed by atoms with Crippen LogP contribution in [-0.4, -0.2) is 31.7 Å². The van der Waals surface area contributed by atoms with Crippen molar-refractivity contribution < 1.29 is 27.0 Å². The summed E-state index contributed by atoms with van der Waals surface area (Å²) in [7, 11) is 0. The summed E-state index contributed by atoms with van der Waals surface area (Å²) in [5, 5.41) is 0. The van der Waals surface area contributed by atoms with Crippen molar-refractivity contribution in [3.05, 3.63) is 24.0 Å². The highest BCUT2D eigenvalue weighted by Crippen LogP contribution is 2.37. The minimum absolute atomic E-state index is 0.134. The third kappa shape index (κ3) is 3.88. The Hall–Kier alpha value is -1.50. The molecule has 23 heavy (non-hydrogen) atoms. The minimum atomic E-state index is -4.78. The predicted molar refractivity (Wildman–Crippen MR) is 77.1 cm³/mol. The highest BCUT2D eigenvalue weighted by atomic mass is 19.4. The molecule has 0 amide bonds. The van der Waals surface area contributed by atoms with Gasteiger partial charge in [0.2, 0.25) is 0 Å². The monoisotopic (exact) mass is 333 g/mol. The van der Waals surface area contributed by atoms with E-state index in [1.807, 2.05) is 0 Å². The van der Waals surface area contributed by atoms with Crippen molar-refractivity contribution in [3.8, 4) is 5.75 Å². The summed E-state index contributed by atoms with van der Waals surface area (Å²) >= 11 is 0. The molecular formula is C16H19F4NO2. The van der Waals surface area contributed by atoms with Gasteiger partial charge in [-0.3, -0.25) is 0 Å². The fourth-order valence-corrected chi connectivity index (χ4v) is 3.39. The normalized spacial score (nSPS) is 21.5. The quantitative estimate of drug-likeness (QED) is 0.755. The second-order valence-corrected chi connectivity index (χ2v) is 6.14. The van der Waals surface area contributed by atoms with Crippen LogP contribution in [0.1, 0.15) is 32.1 Å². The molecule has 2 saturated heterocycles. The molecule has 0 bridgehead atoms. The van der Waals surface area contributed by atoms with Crippen molar-refractivity contribution in [1.82, 2.24) is 0 Å². The molecular weight excluding hydrogens is 314 g/mol. The fourth-order valence-electron chi connectivity index (χ4n) is 3.39. The Morgan fingerprint density at radius 3 is 2.43 bits per heavy atom. The highest BCUT2D eigenvalue weighted by Gasteiger charge is 2.37. The molecule has 1 spiro atoms. The molecule has 0 radical (unpaired) electrons. The third-order valence-electron chi connectivity index (χ3n) is 4.60. The Kier molecular flexibility index (Phi) is 4.40. The van der Waals surface area contributed by atoms with Crippen LogP contribution < -0.4 is 9.64 Å². The van der Waals surface area contributed by atoms with E-state index in [4.69, 9.17) is 4.74 Å². The standard InChI is InChI=1S/C16H19F4NO2/c17-13-4-3-12(23-16(18,19)20)11-14(13)21-8-6-15(7-9-21)5-1-2-10-22-15/h3-4,11H,1-2,5-10H2. The van der Waals surface area contributed by atoms with Crippen LogP contribution in [0.3, 0.4) is 0 Å². The van der Waals surface area contributed by atoms with Crippen molar-refractivity contribution in [2.75, 3.05) is 24.6 Å². The van der Waals surface area contributed by atoms with Gasteiger partial charge in [-0.1, -0.05) is 0 Å². The van der Waals surface area contributed by atoms with E-state index in [0.29, 0.717) is 13.1 Å². The molecule has 1 aromatic rings. The third-order valence-corrected chi connectivity index (χ3v) is 4.60. The molecule has 0 aromatic heterocycles. The van der Waals surface area contributed by atoms with Gasteiger partial charge in [-0.05, 0) is 44.2 Å². The van der Waals surface area contributed by atoms with Gasteiger partial charge in [-0.15, -0.1) is 13.2 Å². The average molecular weight is 333 g/mol. The first-order valence-corrected chi connectivity index (χ1v) is 7.81. The molecule has 2 heterocycles. The number of alkyl halides is 3. The summed E-state index contributed by atoms with van der Waals surface area (Å²) in [6.07, 6.45) is -0.0642. The van der Waals surface area contributed by atoms with E-state index in [1.54, 1.807) is 4.90 Å². The molecule has 0 aliphatic carbocycles. The first-order chi connectivity index (χ1) is 10.9. The number of rotatable bonds is 2. The summed E-state index contributed by atoms with van der Waals surface area (Å²) in [4.78, 5) is 1.77. The molecule has 2 fully saturated rings. The fraction of sp³-hybridized carbons (Fsp3) is 0.625. The summed E-state index contributed by atoms with van der Waals surface area (Å²) in [6, 6.07) is 3.11. The lowest BCUT2D eigenvalue weighted by atomic mass is 9.84. The van der Waals surface area contributed by atoms with Gasteiger partial charge in [0, 0.05) is 25.8 Å². The Morgan fingerprint density at radius 1 is 1.09 bits per heavy atom. The number of nitrogens with zero attached hydrogens (tertiary/aromatic N) is 1. The van der Waals surface area contributed by atoms with Crippen LogP contribution in [0.5, 0.6) is 5.75 Å². The van der Waals surface area contributed by atoms with E-state index in [9.17, 15) is 17.6 Å². The van der Waals surface area contributed by atoms with Crippen molar-refractivity contribution in [1.29, 1.82) is 0 Å². The van der Waals surface area contributed by atoms with Crippen LogP contribution in [0.2, 0.25) is 0 Å². The SMILES string of the molecule is Fc1ccc(OC(F)(F)F)cc1N1CCC2(CCCCO2)CC1. The van der Waals surface area contributed by atoms with Crippen LogP contribution in [0.4, 0.5) is 23.2 Å². The lowest BCUT2D eigenvalue weighted by Gasteiger charge is -2.44. The second kappa shape index (κ2) is 6.19. The summed E-state index contributed by atoms with van der Waals surface area (Å²) < 4.78 is 60.7. The van der Waals surface area contributed by atoms with Gasteiger partial charge in [0.05, 0.1) is 11.3 Å². The first kappa shape index (κ1) is 16.4. The van der Waals surface area contributed by atoms with Crippen LogP contribution in [0, 0.1) is 5.82 Å². The molecule has 2 aliphatic heterocycles. The molecule has 3 nitrogen and oxygen atoms in total. The molecule has 7 heteroatoms. The maximum Gasteiger partial charge on any atom is 0.573 e. The van der Waals surface area contributed by atoms with Gasteiger partial charge in [-0.2, -0.15) is 0 Å². The zero-order valence-corrected chi connectivity index (χ0v) is 12.7. The van der Waals surface area contributed by atoms with E-state index in [2.05, 4.69) is 4.74 Å². The number of anilines is 1. The van der Waals surface area contributed by atoms with E-state index in [1.165, 1.54) is 0 Å². The Balaban J connectivity index is 1.71. The Morgan fingerprint density at radius 2 is 1.83 bits per heavy atom. The maximum atomic E-state index is 14.0. The minimum Gasteiger partial charge on any atom is -0.406 e. The molecule has 1 aromatic carbocycles.